The van der Waals surface area contributed by atoms with Gasteiger partial charge in [0, 0.05) is 19.2 Å². The van der Waals surface area contributed by atoms with Crippen molar-refractivity contribution in [2.24, 2.45) is 0 Å². The number of hydrogen-bond acceptors (Lipinski definition) is 6. The number of nitrogens with zero attached hydrogens (tertiary/aromatic N) is 2. The number of nitro benzene ring substituents is 2. The fourth-order valence-electron chi connectivity index (χ4n) is 1.60. The Balaban J connectivity index is 3.35. The average Bonchev–Trinajstić information content (AvgIpc) is 2.37. The van der Waals surface area contributed by atoms with Crippen molar-refractivity contribution < 1.29 is 19.3 Å². The molecule has 1 aromatic rings. The van der Waals surface area contributed by atoms with Crippen molar-refractivity contribution in [2.45, 2.75) is 19.8 Å². The van der Waals surface area contributed by atoms with Gasteiger partial charge in [-0.2, -0.15) is 0 Å². The Morgan fingerprint density at radius 3 is 1.95 bits per heavy atom. The third-order valence-electron chi connectivity index (χ3n) is 2.67. The van der Waals surface area contributed by atoms with Gasteiger partial charge in [-0.1, -0.05) is 13.8 Å². The van der Waals surface area contributed by atoms with E-state index in [1.807, 2.05) is 0 Å². The second-order valence-corrected chi connectivity index (χ2v) is 4.40. The standard InChI is InChI=1S/C12H16N2O6/c1-8(2)9-6-10(13(15)16)12(20-5-4-19-3)11(7-9)14(17)18/h6-8H,4-5H2,1-3H3. The van der Waals surface area contributed by atoms with Gasteiger partial charge in [0.2, 0.25) is 0 Å². The van der Waals surface area contributed by atoms with Crippen LogP contribution < -0.4 is 4.74 Å². The molecule has 8 heteroatoms. The van der Waals surface area contributed by atoms with Gasteiger partial charge in [0.05, 0.1) is 16.5 Å². The van der Waals surface area contributed by atoms with Crippen molar-refractivity contribution in [3.8, 4) is 5.75 Å². The summed E-state index contributed by atoms with van der Waals surface area (Å²) in [6, 6.07) is 2.61. The number of methoxy groups -OCH3 is 1. The second kappa shape index (κ2) is 6.80. The number of hydrogen-bond donors (Lipinski definition) is 0. The molecule has 0 unspecified atom stereocenters. The SMILES string of the molecule is COCCOc1c([N+](=O)[O-])cc(C(C)C)cc1[N+](=O)[O-]. The normalized spacial score (nSPS) is 10.6. The van der Waals surface area contributed by atoms with Crippen molar-refractivity contribution >= 4 is 11.4 Å². The first-order chi connectivity index (χ1) is 9.38. The molecule has 110 valence electrons. The molecule has 0 bridgehead atoms. The largest absolute Gasteiger partial charge is 0.480 e. The van der Waals surface area contributed by atoms with E-state index < -0.39 is 21.2 Å². The van der Waals surface area contributed by atoms with E-state index in [1.54, 1.807) is 13.8 Å². The molecule has 0 radical (unpaired) electrons. The Morgan fingerprint density at radius 1 is 1.10 bits per heavy atom. The van der Waals surface area contributed by atoms with Gasteiger partial charge in [-0.15, -0.1) is 0 Å². The van der Waals surface area contributed by atoms with Crippen molar-refractivity contribution in [1.82, 2.24) is 0 Å². The molecule has 1 aromatic carbocycles. The zero-order chi connectivity index (χ0) is 15.3. The summed E-state index contributed by atoms with van der Waals surface area (Å²) in [5.74, 6) is -0.401. The van der Waals surface area contributed by atoms with E-state index in [-0.39, 0.29) is 24.9 Å². The molecule has 0 aliphatic heterocycles. The number of benzene rings is 1. The van der Waals surface area contributed by atoms with Gasteiger partial charge in [-0.3, -0.25) is 20.2 Å². The van der Waals surface area contributed by atoms with E-state index in [4.69, 9.17) is 9.47 Å². The lowest BCUT2D eigenvalue weighted by molar-refractivity contribution is -0.396. The molecule has 0 saturated heterocycles. The van der Waals surface area contributed by atoms with Crippen LogP contribution in [0.15, 0.2) is 12.1 Å². The summed E-state index contributed by atoms with van der Waals surface area (Å²) < 4.78 is 9.92. The molecule has 1 rings (SSSR count). The predicted molar refractivity (Wildman–Crippen MR) is 71.2 cm³/mol. The molecule has 8 nitrogen and oxygen atoms in total. The fourth-order valence-corrected chi connectivity index (χ4v) is 1.60. The minimum atomic E-state index is -0.680. The molecule has 0 aromatic heterocycles. The van der Waals surface area contributed by atoms with E-state index in [0.717, 1.165) is 0 Å². The lowest BCUT2D eigenvalue weighted by Crippen LogP contribution is -2.08. The van der Waals surface area contributed by atoms with E-state index in [2.05, 4.69) is 0 Å². The smallest absolute Gasteiger partial charge is 0.318 e. The maximum absolute atomic E-state index is 11.1. The van der Waals surface area contributed by atoms with Crippen LogP contribution in [0.25, 0.3) is 0 Å². The average molecular weight is 284 g/mol. The summed E-state index contributed by atoms with van der Waals surface area (Å²) >= 11 is 0. The third-order valence-corrected chi connectivity index (χ3v) is 2.67. The van der Waals surface area contributed by atoms with Gasteiger partial charge in [-0.25, -0.2) is 0 Å². The maximum atomic E-state index is 11.1. The minimum absolute atomic E-state index is 0.000788. The third kappa shape index (κ3) is 3.64. The van der Waals surface area contributed by atoms with Gasteiger partial charge in [0.1, 0.15) is 6.61 Å². The summed E-state index contributed by atoms with van der Waals surface area (Å²) in [4.78, 5) is 20.8. The monoisotopic (exact) mass is 284 g/mol. The highest BCUT2D eigenvalue weighted by Crippen LogP contribution is 2.39. The van der Waals surface area contributed by atoms with Crippen molar-refractivity contribution in [3.63, 3.8) is 0 Å². The Labute approximate surface area is 115 Å². The molecule has 0 saturated carbocycles. The molecule has 0 aliphatic rings. The number of rotatable bonds is 7. The van der Waals surface area contributed by atoms with Gasteiger partial charge in [0.25, 0.3) is 5.75 Å². The molecule has 0 aliphatic carbocycles. The molecule has 20 heavy (non-hydrogen) atoms. The molecular weight excluding hydrogens is 268 g/mol. The Bertz CT molecular complexity index is 480. The number of nitro groups is 2. The van der Waals surface area contributed by atoms with Crippen molar-refractivity contribution in [2.75, 3.05) is 20.3 Å². The summed E-state index contributed by atoms with van der Waals surface area (Å²) in [7, 11) is 1.44. The van der Waals surface area contributed by atoms with E-state index in [1.165, 1.54) is 19.2 Å². The molecule has 0 N–H and O–H groups in total. The minimum Gasteiger partial charge on any atom is -0.480 e. The highest BCUT2D eigenvalue weighted by Gasteiger charge is 2.29. The van der Waals surface area contributed by atoms with E-state index in [9.17, 15) is 20.2 Å². The zero-order valence-corrected chi connectivity index (χ0v) is 11.5. The molecule has 0 amide bonds. The Hall–Kier alpha value is -2.22. The summed E-state index contributed by atoms with van der Waals surface area (Å²) in [6.07, 6.45) is 0. The quantitative estimate of drug-likeness (QED) is 0.433. The highest BCUT2D eigenvalue weighted by atomic mass is 16.6. The summed E-state index contributed by atoms with van der Waals surface area (Å²) in [5, 5.41) is 22.2. The maximum Gasteiger partial charge on any atom is 0.318 e. The van der Waals surface area contributed by atoms with Crippen LogP contribution in [0.4, 0.5) is 11.4 Å². The van der Waals surface area contributed by atoms with Gasteiger partial charge >= 0.3 is 11.4 Å². The summed E-state index contributed by atoms with van der Waals surface area (Å²) in [5.41, 5.74) is -0.291. The number of ether oxygens (including phenoxy) is 2. The van der Waals surface area contributed by atoms with Crippen LogP contribution in [0.1, 0.15) is 25.3 Å². The van der Waals surface area contributed by atoms with Crippen LogP contribution in [-0.4, -0.2) is 30.2 Å². The Kier molecular flexibility index (Phi) is 5.39. The first-order valence-electron chi connectivity index (χ1n) is 5.97. The van der Waals surface area contributed by atoms with Crippen LogP contribution in [0, 0.1) is 20.2 Å². The zero-order valence-electron chi connectivity index (χ0n) is 11.5. The van der Waals surface area contributed by atoms with Gasteiger partial charge in [0.15, 0.2) is 0 Å². The van der Waals surface area contributed by atoms with E-state index >= 15 is 0 Å². The van der Waals surface area contributed by atoms with E-state index in [0.29, 0.717) is 5.56 Å². The van der Waals surface area contributed by atoms with Crippen LogP contribution >= 0.6 is 0 Å². The van der Waals surface area contributed by atoms with Crippen LogP contribution in [-0.2, 0) is 4.74 Å². The molecule has 0 spiro atoms. The van der Waals surface area contributed by atoms with Gasteiger partial charge in [-0.05, 0) is 11.5 Å². The van der Waals surface area contributed by atoms with Crippen LogP contribution in [0.5, 0.6) is 5.75 Å². The van der Waals surface area contributed by atoms with Crippen molar-refractivity contribution in [1.29, 1.82) is 0 Å². The first-order valence-corrected chi connectivity index (χ1v) is 5.97. The summed E-state index contributed by atoms with van der Waals surface area (Å²) in [6.45, 7) is 3.78. The van der Waals surface area contributed by atoms with Gasteiger partial charge < -0.3 is 9.47 Å². The Morgan fingerprint density at radius 2 is 1.60 bits per heavy atom. The van der Waals surface area contributed by atoms with Crippen LogP contribution in [0.3, 0.4) is 0 Å². The molecule has 0 atom stereocenters. The second-order valence-electron chi connectivity index (χ2n) is 4.40. The highest BCUT2D eigenvalue weighted by molar-refractivity contribution is 5.62. The molecule has 0 heterocycles. The fraction of sp³-hybridized carbons (Fsp3) is 0.500. The topological polar surface area (TPSA) is 105 Å². The van der Waals surface area contributed by atoms with Crippen LogP contribution in [0.2, 0.25) is 0 Å². The van der Waals surface area contributed by atoms with Crippen molar-refractivity contribution in [3.05, 3.63) is 37.9 Å². The lowest BCUT2D eigenvalue weighted by atomic mass is 10.0. The predicted octanol–water partition coefficient (Wildman–Crippen LogP) is 2.65. The first kappa shape index (κ1) is 15.8. The lowest BCUT2D eigenvalue weighted by Gasteiger charge is -2.10. The molecule has 0 fully saturated rings. The molecular formula is C12H16N2O6.